The lowest BCUT2D eigenvalue weighted by atomic mass is 9.94. The molecule has 114 heavy (non-hydrogen) atoms. The van der Waals surface area contributed by atoms with Crippen LogP contribution in [0, 0.1) is 0 Å². The molecule has 0 saturated carbocycles. The van der Waals surface area contributed by atoms with Crippen molar-refractivity contribution in [3.63, 3.8) is 0 Å². The van der Waals surface area contributed by atoms with E-state index in [9.17, 15) is 102 Å². The van der Waals surface area contributed by atoms with Gasteiger partial charge in [0, 0.05) is 13.3 Å². The quantitative estimate of drug-likeness (QED) is 0.0296. The van der Waals surface area contributed by atoms with Crippen LogP contribution < -0.4 is 10.6 Å². The van der Waals surface area contributed by atoms with Crippen molar-refractivity contribution >= 4 is 11.8 Å². The Kier molecular flexibility index (Phi) is 48.2. The molecular formula is C80H146N2O32. The van der Waals surface area contributed by atoms with Gasteiger partial charge in [0.15, 0.2) is 37.7 Å². The predicted molar refractivity (Wildman–Crippen MR) is 408 cm³/mol. The zero-order chi connectivity index (χ0) is 83.2. The molecular weight excluding hydrogens is 1500 g/mol. The van der Waals surface area contributed by atoms with Gasteiger partial charge in [-0.1, -0.05) is 219 Å². The molecule has 6 heterocycles. The molecule has 2 amide bonds. The highest BCUT2D eigenvalue weighted by Crippen LogP contribution is 2.39. The molecule has 668 valence electrons. The number of carbonyl (C=O) groups is 2. The van der Waals surface area contributed by atoms with Crippen molar-refractivity contribution < 1.29 is 158 Å². The Labute approximate surface area is 672 Å². The molecule has 6 saturated heterocycles. The average Bonchev–Trinajstić information content (AvgIpc) is 0.761. The van der Waals surface area contributed by atoms with Crippen LogP contribution in [0.5, 0.6) is 0 Å². The van der Waals surface area contributed by atoms with Gasteiger partial charge in [-0.15, -0.1) is 0 Å². The van der Waals surface area contributed by atoms with Gasteiger partial charge in [-0.2, -0.15) is 0 Å². The number of unbranched alkanes of at least 4 members (excludes halogenated alkanes) is 31. The second-order valence-corrected chi connectivity index (χ2v) is 32.0. The summed E-state index contributed by atoms with van der Waals surface area (Å²) < 4.78 is 71.8. The summed E-state index contributed by atoms with van der Waals surface area (Å²) >= 11 is 0. The van der Waals surface area contributed by atoms with Crippen LogP contribution in [0.25, 0.3) is 0 Å². The molecule has 34 heteroatoms. The van der Waals surface area contributed by atoms with Crippen LogP contribution >= 0.6 is 0 Å². The largest absolute Gasteiger partial charge is 0.394 e. The molecule has 6 fully saturated rings. The molecule has 0 bridgehead atoms. The standard InChI is InChI=1S/C80H146N2O32/c1-5-7-9-11-13-15-17-19-20-21-22-23-24-25-26-28-30-32-34-36-38-40-56(90)82-49(50(89)39-37-35-33-31-29-27-18-16-14-12-10-8-6-2)46-103-76-68(101)64(97)71(54(44-86)108-76)111-79-69(102)65(98)70(55(45-87)109-79)110-75-57(81-48(4)88)72(60(93)52(42-84)105-75)112-80-74(114-77-66(99)62(95)58(91)47(3)104-77)73(61(94)53(43-85)107-80)113-78-67(100)63(96)59(92)51(41-83)106-78/h37,39,47,49-55,57-80,83-87,89,91-102H,5-36,38,40-46H2,1-4H3,(H,81,88)(H,82,90)/b39-37+/t47?,49-,50+,51?,52?,53?,54?,55?,57?,58+,59-,60-,61-,62?,63-,64+,65+,66-,67?,68?,69?,70-,71+,72+,73-,74?,75-,76+,77+,78+,79-,80-/m0/s1. The van der Waals surface area contributed by atoms with Gasteiger partial charge in [-0.25, -0.2) is 0 Å². The number of nitrogens with one attached hydrogen (secondary N) is 2. The summed E-state index contributed by atoms with van der Waals surface area (Å²) in [5, 5.41) is 206. The second kappa shape index (κ2) is 54.8. The van der Waals surface area contributed by atoms with Gasteiger partial charge in [0.2, 0.25) is 11.8 Å². The molecule has 0 radical (unpaired) electrons. The van der Waals surface area contributed by atoms with E-state index in [4.69, 9.17) is 56.8 Å². The van der Waals surface area contributed by atoms with Gasteiger partial charge in [-0.05, 0) is 26.2 Å². The fourth-order valence-electron chi connectivity index (χ4n) is 15.7. The van der Waals surface area contributed by atoms with Gasteiger partial charge < -0.3 is 159 Å². The highest BCUT2D eigenvalue weighted by atomic mass is 16.8. The third kappa shape index (κ3) is 31.4. The maximum atomic E-state index is 13.6. The number of hydrogen-bond donors (Lipinski definition) is 20. The predicted octanol–water partition coefficient (Wildman–Crippen LogP) is 0.800. The van der Waals surface area contributed by atoms with Crippen molar-refractivity contribution in [3.05, 3.63) is 12.2 Å². The zero-order valence-corrected chi connectivity index (χ0v) is 67.7. The lowest BCUT2D eigenvalue weighted by Gasteiger charge is -2.51. The highest BCUT2D eigenvalue weighted by Gasteiger charge is 2.59. The third-order valence-electron chi connectivity index (χ3n) is 22.8. The van der Waals surface area contributed by atoms with E-state index in [1.165, 1.54) is 155 Å². The summed E-state index contributed by atoms with van der Waals surface area (Å²) in [6, 6.07) is -2.92. The van der Waals surface area contributed by atoms with Crippen LogP contribution in [0.15, 0.2) is 12.2 Å². The lowest BCUT2D eigenvalue weighted by Crippen LogP contribution is -2.71. The van der Waals surface area contributed by atoms with E-state index in [1.54, 1.807) is 6.08 Å². The minimum atomic E-state index is -2.22. The molecule has 6 aliphatic heterocycles. The first-order valence-corrected chi connectivity index (χ1v) is 42.8. The van der Waals surface area contributed by atoms with Crippen LogP contribution in [-0.2, 0) is 66.4 Å². The molecule has 6 aliphatic rings. The summed E-state index contributed by atoms with van der Waals surface area (Å²) in [5.74, 6) is -1.22. The molecule has 20 N–H and O–H groups in total. The van der Waals surface area contributed by atoms with E-state index in [0.29, 0.717) is 12.8 Å². The second-order valence-electron chi connectivity index (χ2n) is 32.0. The van der Waals surface area contributed by atoms with E-state index < -0.39 is 242 Å². The number of allylic oxidation sites excluding steroid dienone is 1. The Balaban J connectivity index is 1.08. The van der Waals surface area contributed by atoms with Crippen molar-refractivity contribution in [2.24, 2.45) is 0 Å². The van der Waals surface area contributed by atoms with Gasteiger partial charge >= 0.3 is 0 Å². The first-order valence-electron chi connectivity index (χ1n) is 42.8. The summed E-state index contributed by atoms with van der Waals surface area (Å²) in [6.45, 7) is 1.29. The Morgan fingerprint density at radius 2 is 0.702 bits per heavy atom. The molecule has 0 spiro atoms. The summed E-state index contributed by atoms with van der Waals surface area (Å²) in [6.07, 6.45) is -14.2. The molecule has 0 aliphatic carbocycles. The molecule has 34 nitrogen and oxygen atoms in total. The van der Waals surface area contributed by atoms with Gasteiger partial charge in [0.25, 0.3) is 0 Å². The van der Waals surface area contributed by atoms with Gasteiger partial charge in [0.1, 0.15) is 140 Å². The van der Waals surface area contributed by atoms with E-state index in [0.717, 1.165) is 58.3 Å². The first kappa shape index (κ1) is 100. The van der Waals surface area contributed by atoms with Crippen LogP contribution in [0.1, 0.15) is 246 Å². The minimum Gasteiger partial charge on any atom is -0.394 e. The Morgan fingerprint density at radius 1 is 0.360 bits per heavy atom. The lowest BCUT2D eigenvalue weighted by molar-refractivity contribution is -0.404. The van der Waals surface area contributed by atoms with Crippen LogP contribution in [0.3, 0.4) is 0 Å². The van der Waals surface area contributed by atoms with E-state index in [1.807, 2.05) is 6.08 Å². The molecule has 0 aromatic heterocycles. The topological polar surface area (TPSA) is 533 Å². The fourth-order valence-corrected chi connectivity index (χ4v) is 15.7. The van der Waals surface area contributed by atoms with Crippen molar-refractivity contribution in [1.29, 1.82) is 0 Å². The fraction of sp³-hybridized carbons (Fsp3) is 0.950. The summed E-state index contributed by atoms with van der Waals surface area (Å²) in [7, 11) is 0. The molecule has 12 unspecified atom stereocenters. The summed E-state index contributed by atoms with van der Waals surface area (Å²) in [4.78, 5) is 26.8. The number of amides is 2. The van der Waals surface area contributed by atoms with Crippen LogP contribution in [0.2, 0.25) is 0 Å². The Morgan fingerprint density at radius 3 is 1.17 bits per heavy atom. The molecule has 0 aromatic carbocycles. The number of rotatable bonds is 56. The normalized spacial score (nSPS) is 36.8. The highest BCUT2D eigenvalue weighted by molar-refractivity contribution is 5.76. The maximum absolute atomic E-state index is 13.6. The molecule has 0 aromatic rings. The molecule has 32 atom stereocenters. The van der Waals surface area contributed by atoms with E-state index >= 15 is 0 Å². The monoisotopic (exact) mass is 1650 g/mol. The third-order valence-corrected chi connectivity index (χ3v) is 22.8. The number of carbonyl (C=O) groups excluding carboxylic acids is 2. The average molecular weight is 1650 g/mol. The first-order chi connectivity index (χ1) is 54.9. The van der Waals surface area contributed by atoms with Crippen LogP contribution in [-0.4, -0.2) is 340 Å². The van der Waals surface area contributed by atoms with Gasteiger partial charge in [-0.3, -0.25) is 9.59 Å². The summed E-state index contributed by atoms with van der Waals surface area (Å²) in [5.41, 5.74) is 0. The van der Waals surface area contributed by atoms with E-state index in [2.05, 4.69) is 24.5 Å². The number of aliphatic hydroxyl groups excluding tert-OH is 18. The van der Waals surface area contributed by atoms with Crippen molar-refractivity contribution in [2.45, 2.75) is 442 Å². The van der Waals surface area contributed by atoms with Crippen molar-refractivity contribution in [2.75, 3.05) is 39.6 Å². The maximum Gasteiger partial charge on any atom is 0.220 e. The SMILES string of the molecule is CCCCCCCCCCCCC/C=C/[C@@H](O)[C@H](CO[C@@H]1OC(CO)[C@@H](O[C@@H]2OC(CO)[C@H](O[C@@H]3OC(CO)[C@H](O)[C@H](O[C@@H]4OC(CO)[C@H](O)[C@H](O[C@H]5OC(CO)[C@H](O)[C@H](O)C5O)C4O[C@H]4OC(C)[C@@H](O)C(O)[C@@H]4O)C3NC(C)=O)[C@H](O)C2O)[C@H](O)C1O)NC(=O)CCCCCCCCCCCCCCCCCCCCCCC. The number of aliphatic hydroxyl groups is 18. The van der Waals surface area contributed by atoms with Crippen molar-refractivity contribution in [3.8, 4) is 0 Å². The van der Waals surface area contributed by atoms with Crippen LogP contribution in [0.4, 0.5) is 0 Å². The number of hydrogen-bond acceptors (Lipinski definition) is 32. The number of ether oxygens (including phenoxy) is 12. The van der Waals surface area contributed by atoms with E-state index in [-0.39, 0.29) is 12.3 Å². The minimum absolute atomic E-state index is 0.181. The Hall–Kier alpha value is -2.52. The Bertz CT molecular complexity index is 2560. The zero-order valence-electron chi connectivity index (χ0n) is 67.7. The van der Waals surface area contributed by atoms with Gasteiger partial charge in [0.05, 0.1) is 57.9 Å². The smallest absolute Gasteiger partial charge is 0.220 e. The van der Waals surface area contributed by atoms with Crippen molar-refractivity contribution in [1.82, 2.24) is 10.6 Å². The molecule has 6 rings (SSSR count).